The second-order valence-electron chi connectivity index (χ2n) is 4.92. The first-order chi connectivity index (χ1) is 9.46. The maximum absolute atomic E-state index is 13.6. The van der Waals surface area contributed by atoms with Crippen molar-refractivity contribution in [2.75, 3.05) is 13.1 Å². The van der Waals surface area contributed by atoms with Gasteiger partial charge < -0.3 is 5.73 Å². The zero-order valence-electron chi connectivity index (χ0n) is 11.1. The fourth-order valence-corrected chi connectivity index (χ4v) is 4.53. The summed E-state index contributed by atoms with van der Waals surface area (Å²) >= 11 is 3.03. The smallest absolute Gasteiger partial charge is 0.243 e. The molecule has 20 heavy (non-hydrogen) atoms. The van der Waals surface area contributed by atoms with E-state index in [1.54, 1.807) is 0 Å². The van der Waals surface area contributed by atoms with Crippen molar-refractivity contribution in [1.82, 2.24) is 4.31 Å². The van der Waals surface area contributed by atoms with Gasteiger partial charge in [-0.15, -0.1) is 0 Å². The van der Waals surface area contributed by atoms with Gasteiger partial charge in [0.05, 0.1) is 9.37 Å². The lowest BCUT2D eigenvalue weighted by molar-refractivity contribution is 0.243. The Labute approximate surface area is 127 Å². The highest BCUT2D eigenvalue weighted by Gasteiger charge is 2.33. The highest BCUT2D eigenvalue weighted by Crippen LogP contribution is 2.28. The van der Waals surface area contributed by atoms with Crippen molar-refractivity contribution < 1.29 is 12.8 Å². The molecular formula is C13H18BrFN2O2S. The summed E-state index contributed by atoms with van der Waals surface area (Å²) in [6, 6.07) is 3.83. The van der Waals surface area contributed by atoms with Crippen LogP contribution in [-0.4, -0.2) is 31.9 Å². The van der Waals surface area contributed by atoms with Crippen LogP contribution in [0.25, 0.3) is 0 Å². The first-order valence-corrected chi connectivity index (χ1v) is 8.87. The summed E-state index contributed by atoms with van der Waals surface area (Å²) < 4.78 is 40.6. The second-order valence-corrected chi connectivity index (χ2v) is 7.66. The maximum atomic E-state index is 13.6. The Bertz CT molecular complexity index is 578. The van der Waals surface area contributed by atoms with E-state index >= 15 is 0 Å². The lowest BCUT2D eigenvalue weighted by Gasteiger charge is -2.34. The molecule has 1 atom stereocenters. The van der Waals surface area contributed by atoms with Crippen LogP contribution in [-0.2, 0) is 10.0 Å². The summed E-state index contributed by atoms with van der Waals surface area (Å²) in [6.07, 6.45) is 3.29. The number of hydrogen-bond acceptors (Lipinski definition) is 3. The number of rotatable bonds is 4. The summed E-state index contributed by atoms with van der Waals surface area (Å²) in [5.41, 5.74) is 5.56. The first kappa shape index (κ1) is 15.9. The molecule has 0 bridgehead atoms. The van der Waals surface area contributed by atoms with Gasteiger partial charge in [-0.1, -0.05) is 6.42 Å². The van der Waals surface area contributed by atoms with Gasteiger partial charge in [0.1, 0.15) is 5.82 Å². The van der Waals surface area contributed by atoms with Crippen LogP contribution in [0.1, 0.15) is 25.7 Å². The van der Waals surface area contributed by atoms with Gasteiger partial charge in [-0.2, -0.15) is 4.31 Å². The Kier molecular flexibility index (Phi) is 5.17. The minimum atomic E-state index is -3.66. The molecule has 4 nitrogen and oxygen atoms in total. The van der Waals surface area contributed by atoms with Crippen LogP contribution in [0, 0.1) is 5.82 Å². The van der Waals surface area contributed by atoms with Crippen LogP contribution in [0.15, 0.2) is 27.6 Å². The van der Waals surface area contributed by atoms with Crippen molar-refractivity contribution in [3.8, 4) is 0 Å². The lowest BCUT2D eigenvalue weighted by Crippen LogP contribution is -2.44. The number of sulfonamides is 1. The third-order valence-electron chi connectivity index (χ3n) is 3.57. The predicted octanol–water partition coefficient (Wildman–Crippen LogP) is 2.48. The fourth-order valence-electron chi connectivity index (χ4n) is 2.54. The van der Waals surface area contributed by atoms with Gasteiger partial charge in [-0.3, -0.25) is 0 Å². The average molecular weight is 365 g/mol. The van der Waals surface area contributed by atoms with E-state index in [1.165, 1.54) is 16.4 Å². The van der Waals surface area contributed by atoms with Gasteiger partial charge >= 0.3 is 0 Å². The van der Waals surface area contributed by atoms with Crippen LogP contribution in [0.3, 0.4) is 0 Å². The normalized spacial score (nSPS) is 21.1. The third-order valence-corrected chi connectivity index (χ3v) is 6.16. The number of nitrogens with zero attached hydrogens (tertiary/aromatic N) is 1. The van der Waals surface area contributed by atoms with Crippen LogP contribution < -0.4 is 5.73 Å². The molecule has 0 aromatic heterocycles. The molecule has 2 N–H and O–H groups in total. The fraction of sp³-hybridized carbons (Fsp3) is 0.538. The summed E-state index contributed by atoms with van der Waals surface area (Å²) in [7, 11) is -3.66. The van der Waals surface area contributed by atoms with Crippen molar-refractivity contribution >= 4 is 26.0 Å². The summed E-state index contributed by atoms with van der Waals surface area (Å²) in [5.74, 6) is -0.571. The Hall–Kier alpha value is -0.500. The summed E-state index contributed by atoms with van der Waals surface area (Å²) in [6.45, 7) is 0.927. The quantitative estimate of drug-likeness (QED) is 0.892. The lowest BCUT2D eigenvalue weighted by atomic mass is 10.0. The molecule has 0 radical (unpaired) electrons. The molecule has 1 heterocycles. The van der Waals surface area contributed by atoms with E-state index in [-0.39, 0.29) is 15.4 Å². The van der Waals surface area contributed by atoms with Gasteiger partial charge in [0.25, 0.3) is 0 Å². The van der Waals surface area contributed by atoms with E-state index in [0.29, 0.717) is 19.5 Å². The zero-order valence-corrected chi connectivity index (χ0v) is 13.5. The van der Waals surface area contributed by atoms with Crippen molar-refractivity contribution in [2.45, 2.75) is 36.6 Å². The molecule has 1 aliphatic rings. The largest absolute Gasteiger partial charge is 0.330 e. The molecule has 1 aromatic rings. The van der Waals surface area contributed by atoms with Crippen molar-refractivity contribution in [2.24, 2.45) is 5.73 Å². The van der Waals surface area contributed by atoms with Crippen LogP contribution in [0.5, 0.6) is 0 Å². The molecule has 7 heteroatoms. The second kappa shape index (κ2) is 6.51. The van der Waals surface area contributed by atoms with E-state index in [4.69, 9.17) is 5.73 Å². The molecular weight excluding hydrogens is 347 g/mol. The molecule has 112 valence electrons. The molecule has 1 saturated heterocycles. The van der Waals surface area contributed by atoms with Gasteiger partial charge in [-0.05, 0) is 59.9 Å². The maximum Gasteiger partial charge on any atom is 0.243 e. The van der Waals surface area contributed by atoms with E-state index in [1.807, 2.05) is 0 Å². The monoisotopic (exact) mass is 364 g/mol. The van der Waals surface area contributed by atoms with E-state index in [2.05, 4.69) is 15.9 Å². The number of halogens is 2. The summed E-state index contributed by atoms with van der Waals surface area (Å²) in [4.78, 5) is 0.00196. The van der Waals surface area contributed by atoms with Gasteiger partial charge in [0, 0.05) is 12.6 Å². The molecule has 0 amide bonds. The Morgan fingerprint density at radius 2 is 2.15 bits per heavy atom. The number of hydrogen-bond donors (Lipinski definition) is 1. The molecule has 1 aliphatic heterocycles. The number of benzene rings is 1. The molecule has 0 spiro atoms. The average Bonchev–Trinajstić information content (AvgIpc) is 2.42. The van der Waals surface area contributed by atoms with Gasteiger partial charge in [0.2, 0.25) is 10.0 Å². The Balaban J connectivity index is 2.34. The standard InChI is InChI=1S/C13H18BrFN2O2S/c14-12-5-4-11(9-13(12)15)20(18,19)17-8-2-1-3-10(17)6-7-16/h4-5,9-10H,1-3,6-8,16H2. The summed E-state index contributed by atoms with van der Waals surface area (Å²) in [5, 5.41) is 0. The van der Waals surface area contributed by atoms with Crippen LogP contribution in [0.4, 0.5) is 4.39 Å². The minimum Gasteiger partial charge on any atom is -0.330 e. The Morgan fingerprint density at radius 3 is 2.80 bits per heavy atom. The van der Waals surface area contributed by atoms with Crippen molar-refractivity contribution in [3.05, 3.63) is 28.5 Å². The first-order valence-electron chi connectivity index (χ1n) is 6.64. The minimum absolute atomic E-state index is 0.00196. The van der Waals surface area contributed by atoms with E-state index < -0.39 is 15.8 Å². The zero-order chi connectivity index (χ0) is 14.8. The van der Waals surface area contributed by atoms with Gasteiger partial charge in [0.15, 0.2) is 0 Å². The third kappa shape index (κ3) is 3.21. The molecule has 1 aromatic carbocycles. The van der Waals surface area contributed by atoms with E-state index in [9.17, 15) is 12.8 Å². The van der Waals surface area contributed by atoms with Gasteiger partial charge in [-0.25, -0.2) is 12.8 Å². The SMILES string of the molecule is NCCC1CCCCN1S(=O)(=O)c1ccc(Br)c(F)c1. The number of piperidine rings is 1. The molecule has 0 aliphatic carbocycles. The predicted molar refractivity (Wildman–Crippen MR) is 79.3 cm³/mol. The number of nitrogens with two attached hydrogens (primary N) is 1. The van der Waals surface area contributed by atoms with Crippen molar-refractivity contribution in [3.63, 3.8) is 0 Å². The molecule has 2 rings (SSSR count). The highest BCUT2D eigenvalue weighted by molar-refractivity contribution is 9.10. The Morgan fingerprint density at radius 1 is 1.40 bits per heavy atom. The van der Waals surface area contributed by atoms with E-state index in [0.717, 1.165) is 25.3 Å². The van der Waals surface area contributed by atoms with Crippen molar-refractivity contribution in [1.29, 1.82) is 0 Å². The van der Waals surface area contributed by atoms with Crippen LogP contribution in [0.2, 0.25) is 0 Å². The molecule has 0 saturated carbocycles. The highest BCUT2D eigenvalue weighted by atomic mass is 79.9. The topological polar surface area (TPSA) is 63.4 Å². The molecule has 1 fully saturated rings. The van der Waals surface area contributed by atoms with Crippen LogP contribution >= 0.6 is 15.9 Å². The molecule has 1 unspecified atom stereocenters.